The topological polar surface area (TPSA) is 58.2 Å². The maximum Gasteiger partial charge on any atom is 0.251 e. The molecule has 0 spiro atoms. The summed E-state index contributed by atoms with van der Waals surface area (Å²) in [7, 11) is 0. The second-order valence-corrected chi connectivity index (χ2v) is 4.37. The van der Waals surface area contributed by atoms with Crippen molar-refractivity contribution >= 4 is 24.4 Å². The quantitative estimate of drug-likeness (QED) is 0.694. The molecule has 1 aliphatic rings. The van der Waals surface area contributed by atoms with E-state index < -0.39 is 0 Å². The highest BCUT2D eigenvalue weighted by Crippen LogP contribution is 2.17. The summed E-state index contributed by atoms with van der Waals surface area (Å²) in [5.41, 5.74) is 2.67. The minimum Gasteiger partial charge on any atom is -0.352 e. The Kier molecular flexibility index (Phi) is 3.68. The summed E-state index contributed by atoms with van der Waals surface area (Å²) < 4.78 is 0. The number of benzene rings is 1. The molecule has 0 radical (unpaired) electrons. The summed E-state index contributed by atoms with van der Waals surface area (Å²) in [5, 5.41) is 5.55. The predicted octanol–water partition coefficient (Wildman–Crippen LogP) is 0.866. The number of hydrogen-bond acceptors (Lipinski definition) is 3. The SMILES string of the molecule is O=C(CCS)NCc1ccc2c(c1)C(=O)NC2. The van der Waals surface area contributed by atoms with Crippen LogP contribution in [0.3, 0.4) is 0 Å². The van der Waals surface area contributed by atoms with E-state index in [1.54, 1.807) is 0 Å². The molecular formula is C12H14N2O2S. The number of carbonyl (C=O) groups is 2. The summed E-state index contributed by atoms with van der Waals surface area (Å²) in [6, 6.07) is 5.69. The maximum atomic E-state index is 11.4. The van der Waals surface area contributed by atoms with Crippen LogP contribution in [0.2, 0.25) is 0 Å². The van der Waals surface area contributed by atoms with Crippen LogP contribution in [-0.4, -0.2) is 17.6 Å². The van der Waals surface area contributed by atoms with Gasteiger partial charge in [0.05, 0.1) is 0 Å². The fourth-order valence-corrected chi connectivity index (χ4v) is 1.96. The van der Waals surface area contributed by atoms with Crippen molar-refractivity contribution in [1.82, 2.24) is 10.6 Å². The third-order valence-corrected chi connectivity index (χ3v) is 2.91. The molecule has 1 aromatic rings. The van der Waals surface area contributed by atoms with E-state index in [-0.39, 0.29) is 11.8 Å². The molecular weight excluding hydrogens is 236 g/mol. The molecule has 2 rings (SSSR count). The Morgan fingerprint density at radius 3 is 3.06 bits per heavy atom. The van der Waals surface area contributed by atoms with E-state index >= 15 is 0 Å². The number of nitrogens with one attached hydrogen (secondary N) is 2. The summed E-state index contributed by atoms with van der Waals surface area (Å²) in [6.45, 7) is 1.05. The molecule has 0 atom stereocenters. The zero-order valence-electron chi connectivity index (χ0n) is 9.32. The average Bonchev–Trinajstić information content (AvgIpc) is 2.69. The second-order valence-electron chi connectivity index (χ2n) is 3.92. The van der Waals surface area contributed by atoms with Gasteiger partial charge in [0.15, 0.2) is 0 Å². The lowest BCUT2D eigenvalue weighted by Gasteiger charge is -2.05. The van der Waals surface area contributed by atoms with Gasteiger partial charge in [0.2, 0.25) is 5.91 Å². The zero-order valence-corrected chi connectivity index (χ0v) is 10.2. The molecule has 17 heavy (non-hydrogen) atoms. The van der Waals surface area contributed by atoms with E-state index in [0.717, 1.165) is 11.1 Å². The molecule has 0 saturated heterocycles. The first kappa shape index (κ1) is 12.0. The monoisotopic (exact) mass is 250 g/mol. The lowest BCUT2D eigenvalue weighted by molar-refractivity contribution is -0.120. The molecule has 90 valence electrons. The Balaban J connectivity index is 2.01. The Morgan fingerprint density at radius 2 is 2.29 bits per heavy atom. The van der Waals surface area contributed by atoms with Gasteiger partial charge in [0, 0.05) is 25.1 Å². The summed E-state index contributed by atoms with van der Waals surface area (Å²) in [6.07, 6.45) is 0.411. The van der Waals surface area contributed by atoms with Crippen LogP contribution in [0.1, 0.15) is 27.9 Å². The zero-order chi connectivity index (χ0) is 12.3. The van der Waals surface area contributed by atoms with Crippen LogP contribution in [0.5, 0.6) is 0 Å². The Bertz CT molecular complexity index is 460. The standard InChI is InChI=1S/C12H14N2O2S/c15-11(3-4-17)13-6-8-1-2-9-7-14-12(16)10(9)5-8/h1-2,5,17H,3-4,6-7H2,(H,13,15)(H,14,16). The maximum absolute atomic E-state index is 11.4. The van der Waals surface area contributed by atoms with Crippen molar-refractivity contribution in [3.63, 3.8) is 0 Å². The highest BCUT2D eigenvalue weighted by molar-refractivity contribution is 7.80. The minimum absolute atomic E-state index is 0.0232. The van der Waals surface area contributed by atoms with Crippen LogP contribution < -0.4 is 10.6 Å². The highest BCUT2D eigenvalue weighted by Gasteiger charge is 2.18. The number of amides is 2. The lowest BCUT2D eigenvalue weighted by Crippen LogP contribution is -2.22. The van der Waals surface area contributed by atoms with Crippen molar-refractivity contribution < 1.29 is 9.59 Å². The first-order valence-corrected chi connectivity index (χ1v) is 6.11. The number of rotatable bonds is 4. The van der Waals surface area contributed by atoms with Crippen LogP contribution in [0.25, 0.3) is 0 Å². The Labute approximate surface area is 105 Å². The van der Waals surface area contributed by atoms with Crippen molar-refractivity contribution in [2.45, 2.75) is 19.5 Å². The molecule has 0 aromatic heterocycles. The van der Waals surface area contributed by atoms with Crippen LogP contribution in [0, 0.1) is 0 Å². The molecule has 0 aliphatic carbocycles. The van der Waals surface area contributed by atoms with Crippen molar-refractivity contribution in [3.05, 3.63) is 34.9 Å². The van der Waals surface area contributed by atoms with Gasteiger partial charge in [-0.2, -0.15) is 12.6 Å². The molecule has 1 aromatic carbocycles. The first-order valence-electron chi connectivity index (χ1n) is 5.48. The van der Waals surface area contributed by atoms with Gasteiger partial charge in [-0.3, -0.25) is 9.59 Å². The van der Waals surface area contributed by atoms with Gasteiger partial charge in [-0.25, -0.2) is 0 Å². The van der Waals surface area contributed by atoms with Gasteiger partial charge in [-0.05, 0) is 22.9 Å². The number of fused-ring (bicyclic) bond motifs is 1. The van der Waals surface area contributed by atoms with Crippen molar-refractivity contribution in [3.8, 4) is 0 Å². The van der Waals surface area contributed by atoms with Gasteiger partial charge in [-0.1, -0.05) is 12.1 Å². The highest BCUT2D eigenvalue weighted by atomic mass is 32.1. The smallest absolute Gasteiger partial charge is 0.251 e. The molecule has 2 amide bonds. The van der Waals surface area contributed by atoms with Crippen LogP contribution in [0.4, 0.5) is 0 Å². The van der Waals surface area contributed by atoms with Crippen molar-refractivity contribution in [1.29, 1.82) is 0 Å². The minimum atomic E-state index is -0.0384. The second kappa shape index (κ2) is 5.23. The van der Waals surface area contributed by atoms with Crippen LogP contribution in [-0.2, 0) is 17.9 Å². The van der Waals surface area contributed by atoms with Gasteiger partial charge in [0.1, 0.15) is 0 Å². The van der Waals surface area contributed by atoms with Crippen molar-refractivity contribution in [2.24, 2.45) is 0 Å². The van der Waals surface area contributed by atoms with Gasteiger partial charge in [0.25, 0.3) is 5.91 Å². The molecule has 1 heterocycles. The van der Waals surface area contributed by atoms with E-state index in [2.05, 4.69) is 23.3 Å². The molecule has 5 heteroatoms. The van der Waals surface area contributed by atoms with Crippen LogP contribution in [0.15, 0.2) is 18.2 Å². The summed E-state index contributed by atoms with van der Waals surface area (Å²) in [4.78, 5) is 22.7. The van der Waals surface area contributed by atoms with Gasteiger partial charge in [-0.15, -0.1) is 0 Å². The summed E-state index contributed by atoms with van der Waals surface area (Å²) >= 11 is 3.99. The van der Waals surface area contributed by atoms with E-state index in [1.807, 2.05) is 18.2 Å². The molecule has 1 aliphatic heterocycles. The summed E-state index contributed by atoms with van der Waals surface area (Å²) in [5.74, 6) is 0.479. The Hall–Kier alpha value is -1.49. The van der Waals surface area contributed by atoms with Crippen LogP contribution >= 0.6 is 12.6 Å². The number of thiol groups is 1. The largest absolute Gasteiger partial charge is 0.352 e. The first-order chi connectivity index (χ1) is 8.20. The average molecular weight is 250 g/mol. The third-order valence-electron chi connectivity index (χ3n) is 2.69. The molecule has 0 fully saturated rings. The van der Waals surface area contributed by atoms with Gasteiger partial charge < -0.3 is 10.6 Å². The fraction of sp³-hybridized carbons (Fsp3) is 0.333. The normalized spacial score (nSPS) is 13.1. The lowest BCUT2D eigenvalue weighted by atomic mass is 10.1. The predicted molar refractivity (Wildman–Crippen MR) is 67.9 cm³/mol. The van der Waals surface area contributed by atoms with Crippen molar-refractivity contribution in [2.75, 3.05) is 5.75 Å². The van der Waals surface area contributed by atoms with E-state index in [0.29, 0.717) is 30.8 Å². The number of hydrogen-bond donors (Lipinski definition) is 3. The molecule has 0 bridgehead atoms. The van der Waals surface area contributed by atoms with E-state index in [9.17, 15) is 9.59 Å². The molecule has 2 N–H and O–H groups in total. The third kappa shape index (κ3) is 2.79. The molecule has 0 unspecified atom stereocenters. The molecule has 4 nitrogen and oxygen atoms in total. The van der Waals surface area contributed by atoms with E-state index in [1.165, 1.54) is 0 Å². The number of carbonyl (C=O) groups excluding carboxylic acids is 2. The molecule has 0 saturated carbocycles. The Morgan fingerprint density at radius 1 is 1.47 bits per heavy atom. The fourth-order valence-electron chi connectivity index (χ4n) is 1.76. The van der Waals surface area contributed by atoms with Gasteiger partial charge >= 0.3 is 0 Å². The van der Waals surface area contributed by atoms with E-state index in [4.69, 9.17) is 0 Å².